The van der Waals surface area contributed by atoms with Crippen molar-refractivity contribution in [1.29, 1.82) is 0 Å². The van der Waals surface area contributed by atoms with Crippen molar-refractivity contribution in [3.05, 3.63) is 33.8 Å². The molecule has 2 heterocycles. The van der Waals surface area contributed by atoms with Gasteiger partial charge in [-0.25, -0.2) is 0 Å². The summed E-state index contributed by atoms with van der Waals surface area (Å²) in [5.41, 5.74) is 2.43. The SMILES string of the molecule is CCN(CC(=O)NCc1cccs1)CC(=O)Nc1c(C)nn(C)c1C. The van der Waals surface area contributed by atoms with Crippen LogP contribution in [0.15, 0.2) is 17.5 Å². The Balaban J connectivity index is 1.83. The average Bonchev–Trinajstić information content (AvgIpc) is 3.17. The third kappa shape index (κ3) is 5.40. The molecule has 2 aromatic heterocycles. The summed E-state index contributed by atoms with van der Waals surface area (Å²) in [5, 5.41) is 12.0. The van der Waals surface area contributed by atoms with E-state index in [1.165, 1.54) is 0 Å². The number of anilines is 1. The molecule has 2 amide bonds. The predicted octanol–water partition coefficient (Wildman–Crippen LogP) is 1.68. The van der Waals surface area contributed by atoms with Crippen LogP contribution in [0.4, 0.5) is 5.69 Å². The van der Waals surface area contributed by atoms with Crippen molar-refractivity contribution >= 4 is 28.8 Å². The average molecular weight is 363 g/mol. The molecule has 0 bridgehead atoms. The van der Waals surface area contributed by atoms with Crippen LogP contribution in [0.1, 0.15) is 23.2 Å². The number of rotatable bonds is 8. The van der Waals surface area contributed by atoms with Gasteiger partial charge in [-0.05, 0) is 31.8 Å². The van der Waals surface area contributed by atoms with Crippen molar-refractivity contribution in [2.75, 3.05) is 25.0 Å². The minimum absolute atomic E-state index is 0.0863. The van der Waals surface area contributed by atoms with Crippen LogP contribution in [0.2, 0.25) is 0 Å². The maximum Gasteiger partial charge on any atom is 0.238 e. The van der Waals surface area contributed by atoms with E-state index >= 15 is 0 Å². The van der Waals surface area contributed by atoms with Crippen LogP contribution in [0.3, 0.4) is 0 Å². The van der Waals surface area contributed by atoms with Gasteiger partial charge in [-0.3, -0.25) is 19.2 Å². The van der Waals surface area contributed by atoms with E-state index in [9.17, 15) is 9.59 Å². The number of nitrogens with zero attached hydrogens (tertiary/aromatic N) is 3. The molecule has 0 aliphatic carbocycles. The van der Waals surface area contributed by atoms with Crippen LogP contribution in [0.5, 0.6) is 0 Å². The number of nitrogens with one attached hydrogen (secondary N) is 2. The van der Waals surface area contributed by atoms with Crippen molar-refractivity contribution in [2.24, 2.45) is 7.05 Å². The van der Waals surface area contributed by atoms with Gasteiger partial charge in [0.1, 0.15) is 0 Å². The van der Waals surface area contributed by atoms with Gasteiger partial charge in [0.25, 0.3) is 0 Å². The molecule has 2 rings (SSSR count). The molecule has 0 aliphatic heterocycles. The van der Waals surface area contributed by atoms with Gasteiger partial charge < -0.3 is 10.6 Å². The number of carbonyl (C=O) groups excluding carboxylic acids is 2. The predicted molar refractivity (Wildman–Crippen MR) is 99.6 cm³/mol. The topological polar surface area (TPSA) is 79.3 Å². The van der Waals surface area contributed by atoms with Crippen molar-refractivity contribution in [1.82, 2.24) is 20.0 Å². The quantitative estimate of drug-likeness (QED) is 0.748. The van der Waals surface area contributed by atoms with Crippen LogP contribution in [-0.2, 0) is 23.2 Å². The number of thiophene rings is 1. The van der Waals surface area contributed by atoms with Gasteiger partial charge in [-0.15, -0.1) is 11.3 Å². The normalized spacial score (nSPS) is 10.9. The molecule has 0 radical (unpaired) electrons. The molecule has 0 fully saturated rings. The first-order valence-corrected chi connectivity index (χ1v) is 9.10. The van der Waals surface area contributed by atoms with E-state index in [1.54, 1.807) is 20.9 Å². The Kier molecular flexibility index (Phi) is 6.72. The van der Waals surface area contributed by atoms with Crippen molar-refractivity contribution in [2.45, 2.75) is 27.3 Å². The van der Waals surface area contributed by atoms with Gasteiger partial charge >= 0.3 is 0 Å². The summed E-state index contributed by atoms with van der Waals surface area (Å²) < 4.78 is 1.74. The highest BCUT2D eigenvalue weighted by Crippen LogP contribution is 2.18. The Morgan fingerprint density at radius 2 is 2.00 bits per heavy atom. The lowest BCUT2D eigenvalue weighted by Crippen LogP contribution is -2.40. The monoisotopic (exact) mass is 363 g/mol. The van der Waals surface area contributed by atoms with E-state index in [1.807, 2.05) is 45.3 Å². The lowest BCUT2D eigenvalue weighted by molar-refractivity contribution is -0.123. The minimum atomic E-state index is -0.146. The first kappa shape index (κ1) is 19.1. The van der Waals surface area contributed by atoms with E-state index < -0.39 is 0 Å². The Labute approximate surface area is 152 Å². The third-order valence-corrected chi connectivity index (χ3v) is 4.87. The second-order valence-electron chi connectivity index (χ2n) is 5.88. The number of aromatic nitrogens is 2. The van der Waals surface area contributed by atoms with Gasteiger partial charge in [0.2, 0.25) is 11.8 Å². The van der Waals surface area contributed by atoms with Crippen LogP contribution < -0.4 is 10.6 Å². The number of carbonyl (C=O) groups is 2. The molecule has 7 nitrogen and oxygen atoms in total. The van der Waals surface area contributed by atoms with E-state index in [4.69, 9.17) is 0 Å². The third-order valence-electron chi connectivity index (χ3n) is 3.99. The van der Waals surface area contributed by atoms with Crippen molar-refractivity contribution in [3.8, 4) is 0 Å². The number of amides is 2. The molecule has 0 aliphatic rings. The number of likely N-dealkylation sites (N-methyl/N-ethyl adjacent to an activating group) is 1. The molecular weight excluding hydrogens is 338 g/mol. The molecule has 0 saturated heterocycles. The standard InChI is InChI=1S/C17H25N5O2S/c1-5-22(10-15(23)18-9-14-7-6-8-25-14)11-16(24)19-17-12(2)20-21(4)13(17)3/h6-8H,5,9-11H2,1-4H3,(H,18,23)(H,19,24). The maximum atomic E-state index is 12.3. The summed E-state index contributed by atoms with van der Waals surface area (Å²) in [7, 11) is 1.84. The number of hydrogen-bond acceptors (Lipinski definition) is 5. The van der Waals surface area contributed by atoms with Crippen LogP contribution in [-0.4, -0.2) is 46.1 Å². The zero-order valence-electron chi connectivity index (χ0n) is 15.1. The highest BCUT2D eigenvalue weighted by atomic mass is 32.1. The zero-order valence-corrected chi connectivity index (χ0v) is 15.9. The van der Waals surface area contributed by atoms with Crippen LogP contribution in [0, 0.1) is 13.8 Å². The molecule has 136 valence electrons. The Morgan fingerprint density at radius 1 is 1.28 bits per heavy atom. The molecule has 2 aromatic rings. The molecule has 0 unspecified atom stereocenters. The highest BCUT2D eigenvalue weighted by Gasteiger charge is 2.16. The lowest BCUT2D eigenvalue weighted by atomic mass is 10.3. The summed E-state index contributed by atoms with van der Waals surface area (Å²) in [6.45, 7) is 7.19. The second kappa shape index (κ2) is 8.77. The fraction of sp³-hybridized carbons (Fsp3) is 0.471. The Bertz CT molecular complexity index is 724. The van der Waals surface area contributed by atoms with E-state index in [0.29, 0.717) is 13.1 Å². The largest absolute Gasteiger partial charge is 0.350 e. The molecule has 2 N–H and O–H groups in total. The summed E-state index contributed by atoms with van der Waals surface area (Å²) in [4.78, 5) is 27.3. The number of hydrogen-bond donors (Lipinski definition) is 2. The molecule has 0 aromatic carbocycles. The smallest absolute Gasteiger partial charge is 0.238 e. The molecule has 25 heavy (non-hydrogen) atoms. The van der Waals surface area contributed by atoms with E-state index in [-0.39, 0.29) is 24.9 Å². The summed E-state index contributed by atoms with van der Waals surface area (Å²) in [5.74, 6) is -0.233. The molecule has 0 atom stereocenters. The summed E-state index contributed by atoms with van der Waals surface area (Å²) in [6.07, 6.45) is 0. The summed E-state index contributed by atoms with van der Waals surface area (Å²) >= 11 is 1.61. The number of aryl methyl sites for hydroxylation is 2. The van der Waals surface area contributed by atoms with Gasteiger partial charge in [-0.1, -0.05) is 13.0 Å². The first-order chi connectivity index (χ1) is 11.9. The van der Waals surface area contributed by atoms with E-state index in [2.05, 4.69) is 15.7 Å². The van der Waals surface area contributed by atoms with Gasteiger partial charge in [-0.2, -0.15) is 5.10 Å². The maximum absolute atomic E-state index is 12.3. The first-order valence-electron chi connectivity index (χ1n) is 8.22. The van der Waals surface area contributed by atoms with Crippen molar-refractivity contribution < 1.29 is 9.59 Å². The Morgan fingerprint density at radius 3 is 2.56 bits per heavy atom. The van der Waals surface area contributed by atoms with Crippen molar-refractivity contribution in [3.63, 3.8) is 0 Å². The lowest BCUT2D eigenvalue weighted by Gasteiger charge is -2.19. The molecule has 0 saturated carbocycles. The van der Waals surface area contributed by atoms with E-state index in [0.717, 1.165) is 22.0 Å². The van der Waals surface area contributed by atoms with Gasteiger partial charge in [0, 0.05) is 11.9 Å². The zero-order chi connectivity index (χ0) is 18.4. The molecule has 0 spiro atoms. The fourth-order valence-corrected chi connectivity index (χ4v) is 3.12. The minimum Gasteiger partial charge on any atom is -0.350 e. The molecular formula is C17H25N5O2S. The van der Waals surface area contributed by atoms with Gasteiger partial charge in [0.15, 0.2) is 0 Å². The second-order valence-corrected chi connectivity index (χ2v) is 6.91. The van der Waals surface area contributed by atoms with Crippen LogP contribution >= 0.6 is 11.3 Å². The highest BCUT2D eigenvalue weighted by molar-refractivity contribution is 7.09. The van der Waals surface area contributed by atoms with Crippen LogP contribution in [0.25, 0.3) is 0 Å². The fourth-order valence-electron chi connectivity index (χ4n) is 2.47. The summed E-state index contributed by atoms with van der Waals surface area (Å²) in [6, 6.07) is 3.94. The van der Waals surface area contributed by atoms with Gasteiger partial charge in [0.05, 0.1) is 36.7 Å². The molecule has 8 heteroatoms. The Hall–Kier alpha value is -2.19.